The van der Waals surface area contributed by atoms with E-state index >= 15 is 0 Å². The number of piperidine rings is 1. The van der Waals surface area contributed by atoms with Crippen molar-refractivity contribution in [3.8, 4) is 0 Å². The molecule has 1 N–H and O–H groups in total. The molecule has 1 heterocycles. The molecule has 1 saturated heterocycles. The zero-order valence-corrected chi connectivity index (χ0v) is 19.5. The Morgan fingerprint density at radius 3 is 2.44 bits per heavy atom. The molecule has 1 aliphatic heterocycles. The second-order valence-electron chi connectivity index (χ2n) is 9.11. The highest BCUT2D eigenvalue weighted by Gasteiger charge is 2.33. The third kappa shape index (κ3) is 6.33. The van der Waals surface area contributed by atoms with E-state index in [9.17, 15) is 9.59 Å². The topological polar surface area (TPSA) is 52.7 Å². The summed E-state index contributed by atoms with van der Waals surface area (Å²) in [6.45, 7) is 5.41. The molecule has 2 amide bonds. The van der Waals surface area contributed by atoms with Gasteiger partial charge in [-0.3, -0.25) is 4.79 Å². The van der Waals surface area contributed by atoms with E-state index in [0.717, 1.165) is 50.5 Å². The van der Waals surface area contributed by atoms with Gasteiger partial charge in [0.25, 0.3) is 0 Å². The number of benzene rings is 2. The summed E-state index contributed by atoms with van der Waals surface area (Å²) in [6, 6.07) is 15.5. The number of rotatable bonds is 8. The molecule has 0 unspecified atom stereocenters. The molecule has 2 aliphatic rings. The Labute approximate surface area is 195 Å². The van der Waals surface area contributed by atoms with Crippen LogP contribution in [0.4, 0.5) is 10.5 Å². The van der Waals surface area contributed by atoms with Gasteiger partial charge in [0.05, 0.1) is 0 Å². The zero-order chi connectivity index (χ0) is 22.5. The molecule has 1 saturated carbocycles. The minimum atomic E-state index is -0.0442. The normalized spacial score (nSPS) is 17.2. The smallest absolute Gasteiger partial charge is 0.321 e. The van der Waals surface area contributed by atoms with Crippen molar-refractivity contribution in [3.63, 3.8) is 0 Å². The number of ketones is 1. The Morgan fingerprint density at radius 2 is 1.78 bits per heavy atom. The first-order chi connectivity index (χ1) is 15.5. The largest absolute Gasteiger partial charge is 0.322 e. The van der Waals surface area contributed by atoms with Crippen LogP contribution in [0.15, 0.2) is 48.5 Å². The van der Waals surface area contributed by atoms with Gasteiger partial charge in [0, 0.05) is 48.5 Å². The van der Waals surface area contributed by atoms with Crippen LogP contribution in [0.5, 0.6) is 0 Å². The summed E-state index contributed by atoms with van der Waals surface area (Å²) in [5.41, 5.74) is 2.61. The molecule has 6 heteroatoms. The van der Waals surface area contributed by atoms with Crippen LogP contribution in [0.2, 0.25) is 5.02 Å². The van der Waals surface area contributed by atoms with E-state index < -0.39 is 0 Å². The Morgan fingerprint density at radius 1 is 1.06 bits per heavy atom. The molecular formula is C26H32ClN3O2. The quantitative estimate of drug-likeness (QED) is 0.537. The van der Waals surface area contributed by atoms with Gasteiger partial charge < -0.3 is 15.1 Å². The number of urea groups is 1. The highest BCUT2D eigenvalue weighted by molar-refractivity contribution is 6.30. The SMILES string of the molecule is CC(=O)c1cccc(NC(=O)N(CC2CC2)C2CCN(CCc3ccc(Cl)cc3)CC2)c1. The molecule has 0 aromatic heterocycles. The van der Waals surface area contributed by atoms with Gasteiger partial charge in [0.1, 0.15) is 0 Å². The molecule has 2 aromatic rings. The molecule has 0 spiro atoms. The number of carbonyl (C=O) groups excluding carboxylic acids is 2. The lowest BCUT2D eigenvalue weighted by Gasteiger charge is -2.38. The van der Waals surface area contributed by atoms with E-state index in [1.165, 1.54) is 18.4 Å². The van der Waals surface area contributed by atoms with Gasteiger partial charge in [-0.2, -0.15) is 0 Å². The van der Waals surface area contributed by atoms with Crippen LogP contribution in [0, 0.1) is 5.92 Å². The first-order valence-corrected chi connectivity index (χ1v) is 12.0. The van der Waals surface area contributed by atoms with Crippen molar-refractivity contribution in [2.75, 3.05) is 31.5 Å². The van der Waals surface area contributed by atoms with Crippen LogP contribution in [-0.4, -0.2) is 53.8 Å². The fourth-order valence-corrected chi connectivity index (χ4v) is 4.51. The van der Waals surface area contributed by atoms with Crippen molar-refractivity contribution < 1.29 is 9.59 Å². The van der Waals surface area contributed by atoms with Gasteiger partial charge >= 0.3 is 6.03 Å². The third-order valence-electron chi connectivity index (χ3n) is 6.56. The standard InChI is InChI=1S/C26H32ClN3O2/c1-19(31)22-3-2-4-24(17-22)28-26(32)30(18-21-5-6-21)25-12-15-29(16-13-25)14-11-20-7-9-23(27)10-8-20/h2-4,7-10,17,21,25H,5-6,11-16,18H2,1H3,(H,28,32). The molecule has 0 atom stereocenters. The number of anilines is 1. The monoisotopic (exact) mass is 453 g/mol. The lowest BCUT2D eigenvalue weighted by atomic mass is 10.0. The molecule has 2 fully saturated rings. The zero-order valence-electron chi connectivity index (χ0n) is 18.7. The minimum absolute atomic E-state index is 0.00177. The van der Waals surface area contributed by atoms with Crippen molar-refractivity contribution in [1.82, 2.24) is 9.80 Å². The lowest BCUT2D eigenvalue weighted by Crippen LogP contribution is -2.49. The van der Waals surface area contributed by atoms with Crippen LogP contribution in [0.25, 0.3) is 0 Å². The van der Waals surface area contributed by atoms with Crippen molar-refractivity contribution in [2.45, 2.75) is 45.1 Å². The number of hydrogen-bond acceptors (Lipinski definition) is 3. The third-order valence-corrected chi connectivity index (χ3v) is 6.81. The summed E-state index contributed by atoms with van der Waals surface area (Å²) < 4.78 is 0. The second-order valence-corrected chi connectivity index (χ2v) is 9.55. The minimum Gasteiger partial charge on any atom is -0.321 e. The van der Waals surface area contributed by atoms with Crippen LogP contribution < -0.4 is 5.32 Å². The fraction of sp³-hybridized carbons (Fsp3) is 0.462. The molecule has 2 aromatic carbocycles. The summed E-state index contributed by atoms with van der Waals surface area (Å²) >= 11 is 5.98. The first-order valence-electron chi connectivity index (χ1n) is 11.6. The highest BCUT2D eigenvalue weighted by atomic mass is 35.5. The molecule has 1 aliphatic carbocycles. The molecule has 0 bridgehead atoms. The lowest BCUT2D eigenvalue weighted by molar-refractivity contribution is 0.101. The maximum atomic E-state index is 13.2. The average Bonchev–Trinajstić information content (AvgIpc) is 3.62. The predicted molar refractivity (Wildman–Crippen MR) is 130 cm³/mol. The van der Waals surface area contributed by atoms with Gasteiger partial charge in [-0.05, 0) is 74.8 Å². The highest BCUT2D eigenvalue weighted by Crippen LogP contribution is 2.32. The van der Waals surface area contributed by atoms with Gasteiger partial charge in [0.15, 0.2) is 5.78 Å². The van der Waals surface area contributed by atoms with Crippen LogP contribution in [0.3, 0.4) is 0 Å². The molecule has 0 radical (unpaired) electrons. The van der Waals surface area contributed by atoms with Crippen molar-refractivity contribution >= 4 is 29.1 Å². The summed E-state index contributed by atoms with van der Waals surface area (Å²) in [5.74, 6) is 0.633. The Bertz CT molecular complexity index is 934. The Kier molecular flexibility index (Phi) is 7.48. The number of halogens is 1. The Hall–Kier alpha value is -2.37. The van der Waals surface area contributed by atoms with Crippen LogP contribution >= 0.6 is 11.6 Å². The molecular weight excluding hydrogens is 422 g/mol. The van der Waals surface area contributed by atoms with Crippen LogP contribution in [0.1, 0.15) is 48.5 Å². The maximum Gasteiger partial charge on any atom is 0.322 e. The number of nitrogens with one attached hydrogen (secondary N) is 1. The summed E-state index contributed by atoms with van der Waals surface area (Å²) in [4.78, 5) is 29.4. The maximum absolute atomic E-state index is 13.2. The predicted octanol–water partition coefficient (Wildman–Crippen LogP) is 5.49. The summed E-state index contributed by atoms with van der Waals surface area (Å²) in [5, 5.41) is 3.82. The number of likely N-dealkylation sites (tertiary alicyclic amines) is 1. The number of carbonyl (C=O) groups is 2. The van der Waals surface area contributed by atoms with Gasteiger partial charge in [-0.15, -0.1) is 0 Å². The van der Waals surface area contributed by atoms with Crippen molar-refractivity contribution in [2.24, 2.45) is 5.92 Å². The van der Waals surface area contributed by atoms with Gasteiger partial charge in [0.2, 0.25) is 0 Å². The van der Waals surface area contributed by atoms with E-state index in [-0.39, 0.29) is 17.9 Å². The van der Waals surface area contributed by atoms with E-state index in [2.05, 4.69) is 27.2 Å². The average molecular weight is 454 g/mol. The molecule has 5 nitrogen and oxygen atoms in total. The first kappa shape index (κ1) is 22.8. The number of nitrogens with zero attached hydrogens (tertiary/aromatic N) is 2. The number of amides is 2. The summed E-state index contributed by atoms with van der Waals surface area (Å²) in [6.07, 6.45) is 5.43. The van der Waals surface area contributed by atoms with E-state index in [0.29, 0.717) is 17.2 Å². The number of hydrogen-bond donors (Lipinski definition) is 1. The van der Waals surface area contributed by atoms with Crippen LogP contribution in [-0.2, 0) is 6.42 Å². The van der Waals surface area contributed by atoms with Crippen molar-refractivity contribution in [1.29, 1.82) is 0 Å². The Balaban J connectivity index is 1.32. The van der Waals surface area contributed by atoms with E-state index in [1.54, 1.807) is 19.1 Å². The van der Waals surface area contributed by atoms with Gasteiger partial charge in [-0.25, -0.2) is 4.79 Å². The van der Waals surface area contributed by atoms with Gasteiger partial charge in [-0.1, -0.05) is 35.9 Å². The summed E-state index contributed by atoms with van der Waals surface area (Å²) in [7, 11) is 0. The second kappa shape index (κ2) is 10.5. The molecule has 170 valence electrons. The van der Waals surface area contributed by atoms with Crippen molar-refractivity contribution in [3.05, 3.63) is 64.7 Å². The fourth-order valence-electron chi connectivity index (χ4n) is 4.38. The molecule has 4 rings (SSSR count). The van der Waals surface area contributed by atoms with E-state index in [4.69, 9.17) is 11.6 Å². The van der Waals surface area contributed by atoms with E-state index in [1.807, 2.05) is 24.3 Å². The number of Topliss-reactive ketones (excluding diaryl/α,β-unsaturated/α-hetero) is 1. The molecule has 32 heavy (non-hydrogen) atoms.